The average molecular weight is 775 g/mol. The topological polar surface area (TPSA) is 146 Å². The van der Waals surface area contributed by atoms with Crippen LogP contribution in [0.2, 0.25) is 18.6 Å². The smallest absolute Gasteiger partial charge is 0.279 e. The van der Waals surface area contributed by atoms with Crippen LogP contribution in [0.3, 0.4) is 0 Å². The molecule has 56 heavy (non-hydrogen) atoms. The molecule has 5 atom stereocenters. The van der Waals surface area contributed by atoms with Crippen LogP contribution in [0.15, 0.2) is 101 Å². The van der Waals surface area contributed by atoms with Crippen molar-refractivity contribution in [2.45, 2.75) is 69.1 Å². The summed E-state index contributed by atoms with van der Waals surface area (Å²) in [7, 11) is -3.61. The number of nitrogens with one attached hydrogen (secondary N) is 2. The van der Waals surface area contributed by atoms with Gasteiger partial charge in [0.15, 0.2) is 5.60 Å². The maximum atomic E-state index is 16.7. The summed E-state index contributed by atoms with van der Waals surface area (Å²) in [6, 6.07) is 26.9. The molecule has 2 amide bonds. The summed E-state index contributed by atoms with van der Waals surface area (Å²) in [6.07, 6.45) is 0.423. The highest BCUT2D eigenvalue weighted by Crippen LogP contribution is 2.60. The maximum absolute atomic E-state index is 16.7. The number of aromatic nitrogens is 4. The minimum absolute atomic E-state index is 0.106. The summed E-state index contributed by atoms with van der Waals surface area (Å²) in [5.74, 6) is -1.30. The Kier molecular flexibility index (Phi) is 8.56. The number of aromatic amines is 2. The first-order valence-electron chi connectivity index (χ1n) is 19.1. The number of hydrogen-bond donors (Lipinski definition) is 3. The molecule has 288 valence electrons. The second kappa shape index (κ2) is 13.3. The lowest BCUT2D eigenvalue weighted by Gasteiger charge is -2.31. The number of para-hydroxylation sites is 2. The first kappa shape index (κ1) is 36.1. The van der Waals surface area contributed by atoms with E-state index in [0.29, 0.717) is 57.4 Å². The van der Waals surface area contributed by atoms with Crippen molar-refractivity contribution in [1.82, 2.24) is 24.5 Å². The van der Waals surface area contributed by atoms with Gasteiger partial charge in [-0.2, -0.15) is 0 Å². The fourth-order valence-electron chi connectivity index (χ4n) is 9.63. The lowest BCUT2D eigenvalue weighted by molar-refractivity contribution is -0.150. The van der Waals surface area contributed by atoms with Crippen molar-refractivity contribution >= 4 is 47.7 Å². The van der Waals surface area contributed by atoms with Gasteiger partial charge in [0, 0.05) is 23.6 Å². The van der Waals surface area contributed by atoms with E-state index in [1.807, 2.05) is 61.5 Å². The van der Waals surface area contributed by atoms with Crippen LogP contribution in [0.5, 0.6) is 0 Å². The third-order valence-corrected chi connectivity index (χ3v) is 14.6. The van der Waals surface area contributed by atoms with Gasteiger partial charge >= 0.3 is 0 Å². The van der Waals surface area contributed by atoms with Gasteiger partial charge in [-0.15, -0.1) is 0 Å². The Morgan fingerprint density at radius 3 is 2.16 bits per heavy atom. The van der Waals surface area contributed by atoms with Gasteiger partial charge in [0.05, 0.1) is 70.6 Å². The van der Waals surface area contributed by atoms with Crippen molar-refractivity contribution in [3.63, 3.8) is 0 Å². The molecule has 0 saturated carbocycles. The summed E-state index contributed by atoms with van der Waals surface area (Å²) >= 11 is 0. The molecule has 12 nitrogen and oxygen atoms in total. The highest BCUT2D eigenvalue weighted by atomic mass is 28.4. The monoisotopic (exact) mass is 774 g/mol. The first-order valence-corrected chi connectivity index (χ1v) is 22.1. The summed E-state index contributed by atoms with van der Waals surface area (Å²) < 4.78 is 26.5. The van der Waals surface area contributed by atoms with E-state index in [0.717, 1.165) is 12.0 Å². The molecule has 2 fully saturated rings. The first-order chi connectivity index (χ1) is 26.9. The number of likely N-dealkylation sites (tertiary alicyclic amines) is 1. The minimum Gasteiger partial charge on any atom is -0.394 e. The number of fused-ring (bicyclic) bond motifs is 4. The molecule has 2 aromatic heterocycles. The van der Waals surface area contributed by atoms with Gasteiger partial charge in [-0.3, -0.25) is 29.4 Å². The zero-order chi connectivity index (χ0) is 39.1. The van der Waals surface area contributed by atoms with Crippen molar-refractivity contribution < 1.29 is 23.5 Å². The van der Waals surface area contributed by atoms with Crippen LogP contribution in [0.4, 0.5) is 9.80 Å². The van der Waals surface area contributed by atoms with Gasteiger partial charge < -0.3 is 23.8 Å². The van der Waals surface area contributed by atoms with Gasteiger partial charge in [0.25, 0.3) is 17.0 Å². The molecule has 5 heterocycles. The van der Waals surface area contributed by atoms with E-state index < -0.39 is 31.6 Å². The third kappa shape index (κ3) is 5.52. The van der Waals surface area contributed by atoms with Gasteiger partial charge in [-0.05, 0) is 86.1 Å². The molecule has 0 bridgehead atoms. The normalized spacial score (nSPS) is 23.6. The summed E-state index contributed by atoms with van der Waals surface area (Å²) in [5, 5.41) is 17.4. The van der Waals surface area contributed by atoms with E-state index in [1.165, 1.54) is 9.36 Å². The number of aliphatic hydroxyl groups excluding tert-OH is 1. The number of rotatable bonds is 8. The maximum Gasteiger partial charge on any atom is 0.279 e. The van der Waals surface area contributed by atoms with Gasteiger partial charge in [0.2, 0.25) is 14.3 Å². The molecule has 3 aliphatic heterocycles. The number of anilines is 1. The van der Waals surface area contributed by atoms with Gasteiger partial charge in [-0.25, -0.2) is 9.36 Å². The summed E-state index contributed by atoms with van der Waals surface area (Å²) in [4.78, 5) is 59.4. The van der Waals surface area contributed by atoms with Crippen molar-refractivity contribution in [3.8, 4) is 11.4 Å². The molecule has 1 spiro atoms. The third-order valence-electron chi connectivity index (χ3n) is 12.2. The second-order valence-electron chi connectivity index (χ2n) is 15.9. The van der Waals surface area contributed by atoms with Crippen LogP contribution < -0.4 is 16.0 Å². The lowest BCUT2D eigenvalue weighted by Crippen LogP contribution is -2.45. The molecule has 0 unspecified atom stereocenters. The number of carbonyl (C=O) groups is 2. The van der Waals surface area contributed by atoms with E-state index in [4.69, 9.17) is 4.74 Å². The van der Waals surface area contributed by atoms with E-state index in [-0.39, 0.29) is 48.5 Å². The Bertz CT molecular complexity index is 2660. The molecule has 6 aromatic rings. The Labute approximate surface area is 322 Å². The standard InChI is InChI=1S/C42H43FN6O6Si/c1-25-38(56(2,3)43)36(22-37(51)46-19-9-12-29(46)24-50)55-42(25)32-21-28(49-40(53)31-14-5-7-16-34(31)45-49)17-18-35(32)47(41(42)54)23-26-10-8-11-27(20-26)48-39(52)30-13-4-6-15-33(30)44-48/h4-8,10-11,13-18,20-21,25,29,36,38,44-45,50H,9,12,19,22-24H2,1-3H3/t25-,29-,36+,38-,42+/m0/s1. The van der Waals surface area contributed by atoms with Gasteiger partial charge in [-0.1, -0.05) is 43.3 Å². The van der Waals surface area contributed by atoms with Crippen LogP contribution in [0.25, 0.3) is 33.2 Å². The van der Waals surface area contributed by atoms with Crippen LogP contribution in [0, 0.1) is 5.92 Å². The fourth-order valence-corrected chi connectivity index (χ4v) is 12.1. The number of H-pyrrole nitrogens is 2. The zero-order valence-electron chi connectivity index (χ0n) is 31.4. The molecule has 0 radical (unpaired) electrons. The van der Waals surface area contributed by atoms with Crippen LogP contribution >= 0.6 is 0 Å². The molecular weight excluding hydrogens is 732 g/mol. The molecule has 3 N–H and O–H groups in total. The largest absolute Gasteiger partial charge is 0.394 e. The number of halogens is 1. The molecular formula is C42H43FN6O6Si. The Morgan fingerprint density at radius 1 is 0.893 bits per heavy atom. The van der Waals surface area contributed by atoms with Crippen LogP contribution in [-0.4, -0.2) is 75.1 Å². The molecule has 4 aromatic carbocycles. The van der Waals surface area contributed by atoms with E-state index in [9.17, 15) is 19.5 Å². The number of amides is 2. The predicted molar refractivity (Wildman–Crippen MR) is 213 cm³/mol. The molecule has 0 aliphatic carbocycles. The van der Waals surface area contributed by atoms with Crippen LogP contribution in [-0.2, 0) is 26.5 Å². The van der Waals surface area contributed by atoms with Crippen LogP contribution in [0.1, 0.15) is 37.3 Å². The van der Waals surface area contributed by atoms with Crippen molar-refractivity contribution in [1.29, 1.82) is 0 Å². The second-order valence-corrected chi connectivity index (χ2v) is 19.7. The quantitative estimate of drug-likeness (QED) is 0.135. The minimum atomic E-state index is -3.61. The van der Waals surface area contributed by atoms with Gasteiger partial charge in [0.1, 0.15) is 0 Å². The predicted octanol–water partition coefficient (Wildman–Crippen LogP) is 5.65. The number of hydrogen-bond acceptors (Lipinski definition) is 6. The zero-order valence-corrected chi connectivity index (χ0v) is 32.4. The Hall–Kier alpha value is -5.57. The molecule has 14 heteroatoms. The average Bonchev–Trinajstić information content (AvgIpc) is 3.99. The number of carbonyl (C=O) groups excluding carboxylic acids is 2. The van der Waals surface area contributed by atoms with E-state index >= 15 is 8.90 Å². The molecule has 9 rings (SSSR count). The van der Waals surface area contributed by atoms with Crippen molar-refractivity contribution in [2.75, 3.05) is 18.1 Å². The highest BCUT2D eigenvalue weighted by Gasteiger charge is 2.67. The molecule has 3 aliphatic rings. The summed E-state index contributed by atoms with van der Waals surface area (Å²) in [6.45, 7) is 5.48. The Balaban J connectivity index is 1.15. The van der Waals surface area contributed by atoms with E-state index in [1.54, 1.807) is 59.3 Å². The lowest BCUT2D eigenvalue weighted by atomic mass is 9.82. The SMILES string of the molecule is C[C@H]1[C@H]([Si](C)(C)F)[C@@H](CC(=O)N2CCC[C@H]2CO)O[C@]12C(=O)N(Cc1cccc(-n3[nH]c4ccccc4c3=O)c1)c1ccc(-n3[nH]c4ccccc4c3=O)cc12. The van der Waals surface area contributed by atoms with Crippen molar-refractivity contribution in [2.24, 2.45) is 5.92 Å². The summed E-state index contributed by atoms with van der Waals surface area (Å²) in [5.41, 5.74) is 1.34. The fraction of sp³-hybridized carbons (Fsp3) is 0.333. The van der Waals surface area contributed by atoms with Crippen molar-refractivity contribution in [3.05, 3.63) is 123 Å². The van der Waals surface area contributed by atoms with E-state index in [2.05, 4.69) is 10.2 Å². The number of ether oxygens (including phenoxy) is 1. The highest BCUT2D eigenvalue weighted by molar-refractivity contribution is 6.72. The number of nitrogens with zero attached hydrogens (tertiary/aromatic N) is 4. The Morgan fingerprint density at radius 2 is 1.54 bits per heavy atom. The number of aliphatic hydroxyl groups is 1. The number of benzene rings is 4. The molecule has 2 saturated heterocycles.